The average molecular weight is 266 g/mol. The molecule has 0 spiro atoms. The molecule has 2 rings (SSSR count). The van der Waals surface area contributed by atoms with Gasteiger partial charge in [-0.3, -0.25) is 0 Å². The van der Waals surface area contributed by atoms with E-state index in [1.807, 2.05) is 0 Å². The molecule has 1 aromatic carbocycles. The normalized spacial score (nSPS) is 28.3. The summed E-state index contributed by atoms with van der Waals surface area (Å²) in [5, 5.41) is 0.904. The third kappa shape index (κ3) is 3.07. The van der Waals surface area contributed by atoms with Crippen molar-refractivity contribution in [3.63, 3.8) is 0 Å². The van der Waals surface area contributed by atoms with Crippen LogP contribution in [0.2, 0.25) is 5.02 Å². The molecule has 1 saturated carbocycles. The molecule has 1 fully saturated rings. The number of nitrogens with two attached hydrogens (primary N) is 1. The van der Waals surface area contributed by atoms with E-state index < -0.39 is 0 Å². The van der Waals surface area contributed by atoms with E-state index in [0.717, 1.165) is 23.9 Å². The van der Waals surface area contributed by atoms with Crippen LogP contribution >= 0.6 is 11.6 Å². The second kappa shape index (κ2) is 5.63. The molecule has 0 heterocycles. The van der Waals surface area contributed by atoms with Crippen molar-refractivity contribution in [1.82, 2.24) is 0 Å². The summed E-state index contributed by atoms with van der Waals surface area (Å²) in [6, 6.07) is 6.39. The lowest BCUT2D eigenvalue weighted by atomic mass is 9.67. The molecule has 2 N–H and O–H groups in total. The fraction of sp³-hybridized carbons (Fsp3) is 0.625. The first kappa shape index (κ1) is 13.9. The lowest BCUT2D eigenvalue weighted by Gasteiger charge is -2.39. The summed E-state index contributed by atoms with van der Waals surface area (Å²) < 4.78 is 0. The van der Waals surface area contributed by atoms with Gasteiger partial charge in [-0.1, -0.05) is 43.5 Å². The Morgan fingerprint density at radius 3 is 2.83 bits per heavy atom. The molecule has 2 heteroatoms. The SMILES string of the molecule is Cc1ccc(CC2(CN)CCCC(C)C2)c(Cl)c1. The Kier molecular flexibility index (Phi) is 4.34. The van der Waals surface area contributed by atoms with Gasteiger partial charge in [0.05, 0.1) is 0 Å². The van der Waals surface area contributed by atoms with Crippen LogP contribution in [0.4, 0.5) is 0 Å². The van der Waals surface area contributed by atoms with Crippen LogP contribution in [0.1, 0.15) is 43.7 Å². The predicted molar refractivity (Wildman–Crippen MR) is 79.0 cm³/mol. The first-order valence-corrected chi connectivity index (χ1v) is 7.37. The van der Waals surface area contributed by atoms with Gasteiger partial charge in [0.15, 0.2) is 0 Å². The summed E-state index contributed by atoms with van der Waals surface area (Å²) in [4.78, 5) is 0. The summed E-state index contributed by atoms with van der Waals surface area (Å²) in [6.07, 6.45) is 6.18. The first-order valence-electron chi connectivity index (χ1n) is 7.00. The van der Waals surface area contributed by atoms with Gasteiger partial charge in [0.25, 0.3) is 0 Å². The zero-order valence-corrected chi connectivity index (χ0v) is 12.3. The second-order valence-corrected chi connectivity index (χ2v) is 6.58. The van der Waals surface area contributed by atoms with Crippen LogP contribution in [0, 0.1) is 18.3 Å². The molecule has 2 unspecified atom stereocenters. The van der Waals surface area contributed by atoms with E-state index in [-0.39, 0.29) is 5.41 Å². The zero-order chi connectivity index (χ0) is 13.2. The van der Waals surface area contributed by atoms with Crippen LogP contribution in [0.3, 0.4) is 0 Å². The molecule has 0 bridgehead atoms. The molecular formula is C16H24ClN. The van der Waals surface area contributed by atoms with Crippen molar-refractivity contribution in [3.05, 3.63) is 34.3 Å². The van der Waals surface area contributed by atoms with Gasteiger partial charge >= 0.3 is 0 Å². The van der Waals surface area contributed by atoms with Gasteiger partial charge in [-0.2, -0.15) is 0 Å². The van der Waals surface area contributed by atoms with Gasteiger partial charge in [-0.25, -0.2) is 0 Å². The summed E-state index contributed by atoms with van der Waals surface area (Å²) in [5.41, 5.74) is 8.85. The third-order valence-corrected chi connectivity index (χ3v) is 4.74. The minimum absolute atomic E-state index is 0.274. The fourth-order valence-corrected chi connectivity index (χ4v) is 3.69. The number of halogens is 1. The van der Waals surface area contributed by atoms with E-state index in [4.69, 9.17) is 17.3 Å². The molecule has 1 aliphatic rings. The van der Waals surface area contributed by atoms with Crippen molar-refractivity contribution < 1.29 is 0 Å². The van der Waals surface area contributed by atoms with E-state index in [9.17, 15) is 0 Å². The van der Waals surface area contributed by atoms with E-state index in [0.29, 0.717) is 0 Å². The molecule has 0 saturated heterocycles. The largest absolute Gasteiger partial charge is 0.330 e. The summed E-state index contributed by atoms with van der Waals surface area (Å²) in [6.45, 7) is 5.21. The van der Waals surface area contributed by atoms with Crippen LogP contribution in [0.25, 0.3) is 0 Å². The lowest BCUT2D eigenvalue weighted by Crippen LogP contribution is -2.37. The number of hydrogen-bond donors (Lipinski definition) is 1. The van der Waals surface area contributed by atoms with Crippen molar-refractivity contribution in [3.8, 4) is 0 Å². The Balaban J connectivity index is 2.19. The van der Waals surface area contributed by atoms with Crippen molar-refractivity contribution in [1.29, 1.82) is 0 Å². The van der Waals surface area contributed by atoms with Gasteiger partial charge in [-0.15, -0.1) is 0 Å². The molecule has 0 radical (unpaired) electrons. The van der Waals surface area contributed by atoms with Crippen LogP contribution in [0.15, 0.2) is 18.2 Å². The maximum atomic E-state index is 6.36. The highest BCUT2D eigenvalue weighted by Crippen LogP contribution is 2.42. The predicted octanol–water partition coefficient (Wildman–Crippen LogP) is 4.35. The van der Waals surface area contributed by atoms with Crippen LogP contribution in [-0.4, -0.2) is 6.54 Å². The number of rotatable bonds is 3. The molecule has 0 aliphatic heterocycles. The van der Waals surface area contributed by atoms with E-state index in [1.165, 1.54) is 36.8 Å². The van der Waals surface area contributed by atoms with Crippen LogP contribution < -0.4 is 5.73 Å². The molecule has 100 valence electrons. The molecule has 1 aromatic rings. The highest BCUT2D eigenvalue weighted by Gasteiger charge is 2.34. The molecule has 1 aliphatic carbocycles. The smallest absolute Gasteiger partial charge is 0.0440 e. The van der Waals surface area contributed by atoms with Crippen molar-refractivity contribution in [2.24, 2.45) is 17.1 Å². The minimum atomic E-state index is 0.274. The fourth-order valence-electron chi connectivity index (χ4n) is 3.39. The molecule has 18 heavy (non-hydrogen) atoms. The highest BCUT2D eigenvalue weighted by atomic mass is 35.5. The Hall–Kier alpha value is -0.530. The van der Waals surface area contributed by atoms with Crippen LogP contribution in [-0.2, 0) is 6.42 Å². The quantitative estimate of drug-likeness (QED) is 0.864. The van der Waals surface area contributed by atoms with Gasteiger partial charge in [0.2, 0.25) is 0 Å². The van der Waals surface area contributed by atoms with Gasteiger partial charge in [-0.05, 0) is 61.3 Å². The molecule has 0 aromatic heterocycles. The van der Waals surface area contributed by atoms with E-state index >= 15 is 0 Å². The van der Waals surface area contributed by atoms with Gasteiger partial charge < -0.3 is 5.73 Å². The van der Waals surface area contributed by atoms with E-state index in [1.54, 1.807) is 0 Å². The maximum Gasteiger partial charge on any atom is 0.0440 e. The molecule has 1 nitrogen and oxygen atoms in total. The third-order valence-electron chi connectivity index (χ3n) is 4.39. The molecular weight excluding hydrogens is 242 g/mol. The number of benzene rings is 1. The second-order valence-electron chi connectivity index (χ2n) is 6.18. The first-order chi connectivity index (χ1) is 8.54. The monoisotopic (exact) mass is 265 g/mol. The number of aryl methyl sites for hydroxylation is 1. The maximum absolute atomic E-state index is 6.36. The van der Waals surface area contributed by atoms with Crippen molar-refractivity contribution >= 4 is 11.6 Å². The van der Waals surface area contributed by atoms with Crippen molar-refractivity contribution in [2.75, 3.05) is 6.54 Å². The van der Waals surface area contributed by atoms with Crippen molar-refractivity contribution in [2.45, 2.75) is 46.0 Å². The molecule has 2 atom stereocenters. The molecule has 0 amide bonds. The number of hydrogen-bond acceptors (Lipinski definition) is 1. The Labute approximate surface area is 116 Å². The topological polar surface area (TPSA) is 26.0 Å². The summed E-state index contributed by atoms with van der Waals surface area (Å²) >= 11 is 6.36. The standard InChI is InChI=1S/C16H24ClN/c1-12-5-6-14(15(17)8-12)10-16(11-18)7-3-4-13(2)9-16/h5-6,8,13H,3-4,7,9-11,18H2,1-2H3. The van der Waals surface area contributed by atoms with Crippen LogP contribution in [0.5, 0.6) is 0 Å². The lowest BCUT2D eigenvalue weighted by molar-refractivity contribution is 0.154. The zero-order valence-electron chi connectivity index (χ0n) is 11.5. The Morgan fingerprint density at radius 2 is 2.22 bits per heavy atom. The summed E-state index contributed by atoms with van der Waals surface area (Å²) in [7, 11) is 0. The summed E-state index contributed by atoms with van der Waals surface area (Å²) in [5.74, 6) is 0.798. The van der Waals surface area contributed by atoms with Gasteiger partial charge in [0.1, 0.15) is 0 Å². The van der Waals surface area contributed by atoms with E-state index in [2.05, 4.69) is 32.0 Å². The minimum Gasteiger partial charge on any atom is -0.330 e. The Morgan fingerprint density at radius 1 is 1.44 bits per heavy atom. The Bertz CT molecular complexity index is 416. The van der Waals surface area contributed by atoms with Gasteiger partial charge in [0, 0.05) is 5.02 Å². The average Bonchev–Trinajstić information content (AvgIpc) is 2.33. The highest BCUT2D eigenvalue weighted by molar-refractivity contribution is 6.31.